The van der Waals surface area contributed by atoms with Crippen LogP contribution in [0.4, 0.5) is 0 Å². The Morgan fingerprint density at radius 2 is 2.05 bits per heavy atom. The van der Waals surface area contributed by atoms with Crippen molar-refractivity contribution in [3.63, 3.8) is 0 Å². The van der Waals surface area contributed by atoms with Crippen molar-refractivity contribution in [3.05, 3.63) is 29.3 Å². The topological polar surface area (TPSA) is 49.8 Å². The van der Waals surface area contributed by atoms with Gasteiger partial charge in [0.2, 0.25) is 0 Å². The van der Waals surface area contributed by atoms with Crippen LogP contribution < -0.4 is 0 Å². The van der Waals surface area contributed by atoms with Gasteiger partial charge >= 0.3 is 5.97 Å². The van der Waals surface area contributed by atoms with E-state index in [0.29, 0.717) is 18.3 Å². The Balaban J connectivity index is 1.95. The minimum Gasteiger partial charge on any atom is -0.508 e. The van der Waals surface area contributed by atoms with Gasteiger partial charge < -0.3 is 9.84 Å². The second-order valence-corrected chi connectivity index (χ2v) is 6.20. The van der Waals surface area contributed by atoms with Crippen LogP contribution in [0.1, 0.15) is 37.8 Å². The number of hydrogen-bond acceptors (Lipinski definition) is 4. The molecule has 1 fully saturated rings. The Morgan fingerprint density at radius 3 is 2.71 bits per heavy atom. The molecule has 1 aliphatic rings. The lowest BCUT2D eigenvalue weighted by atomic mass is 10.1. The van der Waals surface area contributed by atoms with E-state index in [1.807, 2.05) is 19.9 Å². The molecule has 1 N–H and O–H groups in total. The van der Waals surface area contributed by atoms with Crippen LogP contribution in [0.25, 0.3) is 0 Å². The molecular formula is C17H25NO3. The van der Waals surface area contributed by atoms with Gasteiger partial charge in [0.05, 0.1) is 13.0 Å². The molecule has 0 unspecified atom stereocenters. The summed E-state index contributed by atoms with van der Waals surface area (Å²) < 4.78 is 5.20. The first-order valence-electron chi connectivity index (χ1n) is 7.73. The number of benzene rings is 1. The van der Waals surface area contributed by atoms with Crippen molar-refractivity contribution >= 4 is 5.97 Å². The van der Waals surface area contributed by atoms with E-state index in [0.717, 1.165) is 30.8 Å². The Morgan fingerprint density at radius 1 is 1.33 bits per heavy atom. The fourth-order valence-corrected chi connectivity index (χ4v) is 2.53. The van der Waals surface area contributed by atoms with Gasteiger partial charge in [0.15, 0.2) is 0 Å². The van der Waals surface area contributed by atoms with Gasteiger partial charge in [-0.05, 0) is 43.5 Å². The predicted octanol–water partition coefficient (Wildman–Crippen LogP) is 2.73. The summed E-state index contributed by atoms with van der Waals surface area (Å²) in [6.45, 7) is 7.41. The number of rotatable bonds is 6. The van der Waals surface area contributed by atoms with Gasteiger partial charge in [-0.15, -0.1) is 0 Å². The van der Waals surface area contributed by atoms with Crippen LogP contribution in [0.3, 0.4) is 0 Å². The van der Waals surface area contributed by atoms with Crippen molar-refractivity contribution in [2.75, 3.05) is 19.7 Å². The van der Waals surface area contributed by atoms with Crippen LogP contribution in [0.15, 0.2) is 18.2 Å². The summed E-state index contributed by atoms with van der Waals surface area (Å²) in [5.74, 6) is 0.446. The highest BCUT2D eigenvalue weighted by Crippen LogP contribution is 2.22. The second kappa shape index (κ2) is 7.46. The monoisotopic (exact) mass is 291 g/mol. The maximum Gasteiger partial charge on any atom is 0.310 e. The van der Waals surface area contributed by atoms with Crippen LogP contribution in [-0.4, -0.2) is 35.7 Å². The quantitative estimate of drug-likeness (QED) is 0.819. The molecule has 21 heavy (non-hydrogen) atoms. The maximum atomic E-state index is 11.8. The summed E-state index contributed by atoms with van der Waals surface area (Å²) in [6, 6.07) is 5.39. The second-order valence-electron chi connectivity index (χ2n) is 6.20. The van der Waals surface area contributed by atoms with Crippen LogP contribution in [0.5, 0.6) is 5.75 Å². The number of hydrogen-bond donors (Lipinski definition) is 1. The fraction of sp³-hybridized carbons (Fsp3) is 0.588. The predicted molar refractivity (Wildman–Crippen MR) is 82.1 cm³/mol. The van der Waals surface area contributed by atoms with Gasteiger partial charge in [-0.1, -0.05) is 26.0 Å². The van der Waals surface area contributed by atoms with Gasteiger partial charge in [0, 0.05) is 12.1 Å². The summed E-state index contributed by atoms with van der Waals surface area (Å²) in [4.78, 5) is 14.1. The molecule has 4 heteroatoms. The molecule has 0 aliphatic carbocycles. The highest BCUT2D eigenvalue weighted by atomic mass is 16.5. The summed E-state index contributed by atoms with van der Waals surface area (Å²) in [5.41, 5.74) is 1.79. The number of phenols is 1. The first-order chi connectivity index (χ1) is 10.0. The van der Waals surface area contributed by atoms with Crippen molar-refractivity contribution in [3.8, 4) is 5.75 Å². The zero-order valence-corrected chi connectivity index (χ0v) is 13.0. The lowest BCUT2D eigenvalue weighted by Gasteiger charge is -2.16. The third-order valence-electron chi connectivity index (χ3n) is 3.66. The molecule has 0 saturated carbocycles. The highest BCUT2D eigenvalue weighted by molar-refractivity contribution is 5.72. The maximum absolute atomic E-state index is 11.8. The van der Waals surface area contributed by atoms with Crippen molar-refractivity contribution in [2.45, 2.75) is 39.7 Å². The molecule has 0 aromatic heterocycles. The average Bonchev–Trinajstić information content (AvgIpc) is 2.93. The van der Waals surface area contributed by atoms with Crippen LogP contribution in [0.2, 0.25) is 0 Å². The number of aromatic hydroxyl groups is 1. The SMILES string of the molecule is CC(C)COC(=O)Cc1ccc(O)c(CN2CCCC2)c1. The van der Waals surface area contributed by atoms with E-state index in [9.17, 15) is 9.90 Å². The number of esters is 1. The number of carbonyl (C=O) groups excluding carboxylic acids is 1. The molecule has 1 aliphatic heterocycles. The van der Waals surface area contributed by atoms with E-state index in [2.05, 4.69) is 4.90 Å². The summed E-state index contributed by atoms with van der Waals surface area (Å²) in [7, 11) is 0. The summed E-state index contributed by atoms with van der Waals surface area (Å²) in [5, 5.41) is 9.96. The van der Waals surface area contributed by atoms with Crippen molar-refractivity contribution < 1.29 is 14.6 Å². The number of carbonyl (C=O) groups is 1. The molecule has 116 valence electrons. The summed E-state index contributed by atoms with van der Waals surface area (Å²) >= 11 is 0. The first kappa shape index (κ1) is 15.8. The Labute approximate surface area is 126 Å². The van der Waals surface area contributed by atoms with Crippen molar-refractivity contribution in [1.82, 2.24) is 4.90 Å². The van der Waals surface area contributed by atoms with E-state index in [4.69, 9.17) is 4.74 Å². The van der Waals surface area contributed by atoms with E-state index >= 15 is 0 Å². The third-order valence-corrected chi connectivity index (χ3v) is 3.66. The zero-order chi connectivity index (χ0) is 15.2. The Hall–Kier alpha value is -1.55. The van der Waals surface area contributed by atoms with Crippen molar-refractivity contribution in [2.24, 2.45) is 5.92 Å². The molecule has 1 saturated heterocycles. The highest BCUT2D eigenvalue weighted by Gasteiger charge is 2.15. The standard InChI is InChI=1S/C17H25NO3/c1-13(2)12-21-17(20)10-14-5-6-16(19)15(9-14)11-18-7-3-4-8-18/h5-6,9,13,19H,3-4,7-8,10-12H2,1-2H3. The normalized spacial score (nSPS) is 15.6. The van der Waals surface area contributed by atoms with Gasteiger partial charge in [-0.3, -0.25) is 9.69 Å². The summed E-state index contributed by atoms with van der Waals surface area (Å²) in [6.07, 6.45) is 2.71. The lowest BCUT2D eigenvalue weighted by Crippen LogP contribution is -2.18. The molecule has 0 radical (unpaired) electrons. The minimum absolute atomic E-state index is 0.207. The molecule has 0 atom stereocenters. The molecule has 1 aromatic rings. The fourth-order valence-electron chi connectivity index (χ4n) is 2.53. The molecule has 2 rings (SSSR count). The molecule has 0 bridgehead atoms. The molecule has 1 heterocycles. The largest absolute Gasteiger partial charge is 0.508 e. The zero-order valence-electron chi connectivity index (χ0n) is 13.0. The van der Waals surface area contributed by atoms with Crippen molar-refractivity contribution in [1.29, 1.82) is 0 Å². The first-order valence-corrected chi connectivity index (χ1v) is 7.73. The van der Waals surface area contributed by atoms with E-state index in [1.165, 1.54) is 12.8 Å². The lowest BCUT2D eigenvalue weighted by molar-refractivity contribution is -0.143. The molecule has 4 nitrogen and oxygen atoms in total. The van der Waals surface area contributed by atoms with Gasteiger partial charge in [-0.2, -0.15) is 0 Å². The molecule has 0 spiro atoms. The number of nitrogens with zero attached hydrogens (tertiary/aromatic N) is 1. The third kappa shape index (κ3) is 5.05. The smallest absolute Gasteiger partial charge is 0.310 e. The number of phenolic OH excluding ortho intramolecular Hbond substituents is 1. The van der Waals surface area contributed by atoms with E-state index in [1.54, 1.807) is 12.1 Å². The Bertz CT molecular complexity index is 479. The number of ether oxygens (including phenoxy) is 1. The molecule has 0 amide bonds. The van der Waals surface area contributed by atoms with Gasteiger partial charge in [-0.25, -0.2) is 0 Å². The van der Waals surface area contributed by atoms with Gasteiger partial charge in [0.1, 0.15) is 5.75 Å². The van der Waals surface area contributed by atoms with Crippen LogP contribution in [0, 0.1) is 5.92 Å². The number of likely N-dealkylation sites (tertiary alicyclic amines) is 1. The van der Waals surface area contributed by atoms with Gasteiger partial charge in [0.25, 0.3) is 0 Å². The van der Waals surface area contributed by atoms with Crippen LogP contribution >= 0.6 is 0 Å². The molecule has 1 aromatic carbocycles. The van der Waals surface area contributed by atoms with Crippen LogP contribution in [-0.2, 0) is 22.5 Å². The minimum atomic E-state index is -0.207. The molecular weight excluding hydrogens is 266 g/mol. The van der Waals surface area contributed by atoms with E-state index < -0.39 is 0 Å². The average molecular weight is 291 g/mol. The van der Waals surface area contributed by atoms with E-state index in [-0.39, 0.29) is 12.4 Å². The Kier molecular flexibility index (Phi) is 5.62.